The van der Waals surface area contributed by atoms with E-state index in [2.05, 4.69) is 10.5 Å². The number of amides is 1. The number of nitrogens with zero attached hydrogens (tertiary/aromatic N) is 1. The van der Waals surface area contributed by atoms with Crippen LogP contribution in [0.2, 0.25) is 0 Å². The first-order valence-electron chi connectivity index (χ1n) is 8.50. The summed E-state index contributed by atoms with van der Waals surface area (Å²) in [4.78, 5) is 17.9. The van der Waals surface area contributed by atoms with Crippen molar-refractivity contribution in [2.75, 3.05) is 0 Å². The summed E-state index contributed by atoms with van der Waals surface area (Å²) in [6.07, 6.45) is 4.43. The van der Waals surface area contributed by atoms with Gasteiger partial charge in [-0.1, -0.05) is 17.3 Å². The average molecular weight is 332 g/mol. The van der Waals surface area contributed by atoms with Crippen molar-refractivity contribution in [1.82, 2.24) is 5.32 Å². The van der Waals surface area contributed by atoms with Gasteiger partial charge in [0.25, 0.3) is 5.91 Å². The number of hydrogen-bond acceptors (Lipinski definition) is 4. The molecule has 3 saturated carbocycles. The highest BCUT2D eigenvalue weighted by Gasteiger charge is 2.49. The number of halogens is 1. The Kier molecular flexibility index (Phi) is 3.60. The summed E-state index contributed by atoms with van der Waals surface area (Å²) in [5, 5.41) is 17.4. The third-order valence-corrected chi connectivity index (χ3v) is 5.73. The van der Waals surface area contributed by atoms with E-state index in [1.807, 2.05) is 0 Å². The Bertz CT molecular complexity index is 661. The maximum Gasteiger partial charge on any atom is 0.264 e. The first-order valence-corrected chi connectivity index (χ1v) is 8.50. The number of fused-ring (bicyclic) bond motifs is 3. The van der Waals surface area contributed by atoms with E-state index in [-0.39, 0.29) is 17.3 Å². The molecular formula is C18H21FN2O3. The van der Waals surface area contributed by atoms with Crippen molar-refractivity contribution in [3.63, 3.8) is 0 Å². The van der Waals surface area contributed by atoms with E-state index in [1.165, 1.54) is 12.1 Å². The van der Waals surface area contributed by atoms with E-state index in [0.717, 1.165) is 44.1 Å². The first kappa shape index (κ1) is 15.6. The number of benzene rings is 1. The lowest BCUT2D eigenvalue weighted by Gasteiger charge is -2.51. The van der Waals surface area contributed by atoms with Crippen molar-refractivity contribution in [3.8, 4) is 0 Å². The lowest BCUT2D eigenvalue weighted by atomic mass is 9.63. The van der Waals surface area contributed by atoms with Gasteiger partial charge in [0.1, 0.15) is 5.82 Å². The number of hydrogen-bond donors (Lipinski definition) is 2. The van der Waals surface area contributed by atoms with E-state index >= 15 is 0 Å². The van der Waals surface area contributed by atoms with Crippen LogP contribution in [0, 0.1) is 5.82 Å². The van der Waals surface area contributed by atoms with Crippen LogP contribution in [-0.4, -0.2) is 34.0 Å². The second-order valence-corrected chi connectivity index (χ2v) is 7.34. The molecule has 1 atom stereocenters. The summed E-state index contributed by atoms with van der Waals surface area (Å²) < 4.78 is 13.0. The molecule has 1 amide bonds. The summed E-state index contributed by atoms with van der Waals surface area (Å²) >= 11 is 0. The van der Waals surface area contributed by atoms with Gasteiger partial charge in [-0.15, -0.1) is 0 Å². The lowest BCUT2D eigenvalue weighted by Crippen LogP contribution is -2.60. The molecule has 1 aromatic rings. The minimum Gasteiger partial charge on any atom is -0.390 e. The number of rotatable bonds is 3. The van der Waals surface area contributed by atoms with Crippen LogP contribution in [0.15, 0.2) is 29.4 Å². The molecule has 0 aromatic heterocycles. The molecule has 4 aliphatic rings. The maximum absolute atomic E-state index is 13.0. The topological polar surface area (TPSA) is 70.9 Å². The van der Waals surface area contributed by atoms with Gasteiger partial charge in [-0.2, -0.15) is 0 Å². The summed E-state index contributed by atoms with van der Waals surface area (Å²) in [6, 6.07) is 6.02. The smallest absolute Gasteiger partial charge is 0.264 e. The van der Waals surface area contributed by atoms with E-state index < -0.39 is 11.7 Å². The Morgan fingerprint density at radius 2 is 1.79 bits per heavy atom. The number of oxime groups is 1. The van der Waals surface area contributed by atoms with Crippen LogP contribution in [0.25, 0.3) is 0 Å². The van der Waals surface area contributed by atoms with Gasteiger partial charge >= 0.3 is 0 Å². The minimum absolute atomic E-state index is 0.150. The zero-order valence-electron chi connectivity index (χ0n) is 13.4. The Hall–Kier alpha value is -1.95. The predicted molar refractivity (Wildman–Crippen MR) is 86.0 cm³/mol. The second kappa shape index (κ2) is 5.55. The fourth-order valence-corrected chi connectivity index (χ4v) is 4.03. The van der Waals surface area contributed by atoms with Crippen LogP contribution in [0.1, 0.15) is 50.5 Å². The van der Waals surface area contributed by atoms with E-state index in [0.29, 0.717) is 12.1 Å². The highest BCUT2D eigenvalue weighted by molar-refractivity contribution is 6.04. The average Bonchev–Trinajstić information content (AvgIpc) is 3.07. The molecule has 0 spiro atoms. The third-order valence-electron chi connectivity index (χ3n) is 5.73. The minimum atomic E-state index is -0.637. The van der Waals surface area contributed by atoms with Crippen molar-refractivity contribution in [2.45, 2.75) is 62.2 Å². The Morgan fingerprint density at radius 3 is 2.42 bits per heavy atom. The Balaban J connectivity index is 1.38. The van der Waals surface area contributed by atoms with Crippen LogP contribution >= 0.6 is 0 Å². The standard InChI is InChI=1S/C18H21FN2O3/c19-13-3-1-12(2-4-13)14-11-15(24-21-14)16(22)20-17-5-8-18(23,9-6-17)10-7-17/h1-4,15,23H,5-11H2,(H,20,22). The Morgan fingerprint density at radius 1 is 1.17 bits per heavy atom. The monoisotopic (exact) mass is 332 g/mol. The highest BCUT2D eigenvalue weighted by atomic mass is 19.1. The quantitative estimate of drug-likeness (QED) is 0.892. The van der Waals surface area contributed by atoms with Crippen LogP contribution < -0.4 is 5.32 Å². The van der Waals surface area contributed by atoms with Gasteiger partial charge in [0.05, 0.1) is 11.3 Å². The molecule has 5 rings (SSSR count). The van der Waals surface area contributed by atoms with Gasteiger partial charge in [-0.3, -0.25) is 4.79 Å². The van der Waals surface area contributed by atoms with Crippen LogP contribution in [0.3, 0.4) is 0 Å². The molecule has 3 aliphatic carbocycles. The molecule has 3 fully saturated rings. The molecular weight excluding hydrogens is 311 g/mol. The van der Waals surface area contributed by atoms with Crippen molar-refractivity contribution in [2.24, 2.45) is 5.16 Å². The molecule has 128 valence electrons. The number of nitrogens with one attached hydrogen (secondary N) is 1. The zero-order chi connectivity index (χ0) is 16.8. The van der Waals surface area contributed by atoms with Crippen molar-refractivity contribution < 1.29 is 19.1 Å². The molecule has 2 N–H and O–H groups in total. The Labute approximate surface area is 139 Å². The SMILES string of the molecule is O=C(NC12CCC(O)(CC1)CC2)C1CC(c2ccc(F)cc2)=NO1. The van der Waals surface area contributed by atoms with Crippen LogP contribution in [-0.2, 0) is 9.63 Å². The fraction of sp³-hybridized carbons (Fsp3) is 0.556. The van der Waals surface area contributed by atoms with E-state index in [4.69, 9.17) is 4.84 Å². The summed E-state index contributed by atoms with van der Waals surface area (Å²) in [5.74, 6) is -0.454. The van der Waals surface area contributed by atoms with Crippen molar-refractivity contribution in [3.05, 3.63) is 35.6 Å². The maximum atomic E-state index is 13.0. The van der Waals surface area contributed by atoms with Gasteiger partial charge in [-0.05, 0) is 56.2 Å². The number of aliphatic hydroxyl groups is 1. The molecule has 5 nitrogen and oxygen atoms in total. The molecule has 0 saturated heterocycles. The van der Waals surface area contributed by atoms with Gasteiger partial charge in [0.15, 0.2) is 0 Å². The van der Waals surface area contributed by atoms with Gasteiger partial charge in [-0.25, -0.2) is 4.39 Å². The predicted octanol–water partition coefficient (Wildman–Crippen LogP) is 2.27. The molecule has 6 heteroatoms. The van der Waals surface area contributed by atoms with Gasteiger partial charge in [0, 0.05) is 12.0 Å². The largest absolute Gasteiger partial charge is 0.390 e. The van der Waals surface area contributed by atoms with Crippen LogP contribution in [0.5, 0.6) is 0 Å². The molecule has 2 bridgehead atoms. The van der Waals surface area contributed by atoms with E-state index in [9.17, 15) is 14.3 Å². The van der Waals surface area contributed by atoms with Crippen molar-refractivity contribution >= 4 is 11.6 Å². The fourth-order valence-electron chi connectivity index (χ4n) is 4.03. The summed E-state index contributed by atoms with van der Waals surface area (Å²) in [6.45, 7) is 0. The first-order chi connectivity index (χ1) is 11.5. The molecule has 1 aliphatic heterocycles. The summed E-state index contributed by atoms with van der Waals surface area (Å²) in [5.41, 5.74) is 0.707. The van der Waals surface area contributed by atoms with Gasteiger partial charge < -0.3 is 15.3 Å². The molecule has 1 aromatic carbocycles. The van der Waals surface area contributed by atoms with Crippen molar-refractivity contribution in [1.29, 1.82) is 0 Å². The van der Waals surface area contributed by atoms with E-state index in [1.54, 1.807) is 12.1 Å². The zero-order valence-corrected chi connectivity index (χ0v) is 13.4. The highest BCUT2D eigenvalue weighted by Crippen LogP contribution is 2.46. The molecule has 24 heavy (non-hydrogen) atoms. The molecule has 0 radical (unpaired) electrons. The molecule has 1 heterocycles. The second-order valence-electron chi connectivity index (χ2n) is 7.34. The number of carbonyl (C=O) groups is 1. The molecule has 1 unspecified atom stereocenters. The third kappa shape index (κ3) is 2.79. The number of carbonyl (C=O) groups excluding carboxylic acids is 1. The van der Waals surface area contributed by atoms with Crippen LogP contribution in [0.4, 0.5) is 4.39 Å². The normalized spacial score (nSPS) is 34.6. The summed E-state index contributed by atoms with van der Waals surface area (Å²) in [7, 11) is 0. The van der Waals surface area contributed by atoms with Gasteiger partial charge in [0.2, 0.25) is 6.10 Å². The lowest BCUT2D eigenvalue weighted by molar-refractivity contribution is -0.138.